The summed E-state index contributed by atoms with van der Waals surface area (Å²) >= 11 is 0. The largest absolute Gasteiger partial charge is 0.573 e. The van der Waals surface area contributed by atoms with Gasteiger partial charge in [-0.3, -0.25) is 15.1 Å². The third kappa shape index (κ3) is 5.65. The first-order chi connectivity index (χ1) is 14.7. The van der Waals surface area contributed by atoms with Gasteiger partial charge < -0.3 is 9.47 Å². The molecule has 0 N–H and O–H groups in total. The van der Waals surface area contributed by atoms with Gasteiger partial charge in [0.05, 0.1) is 24.3 Å². The molecular formula is C21H22F3N3O4. The van der Waals surface area contributed by atoms with Gasteiger partial charge in [-0.1, -0.05) is 19.1 Å². The molecule has 1 aliphatic rings. The Labute approximate surface area is 177 Å². The lowest BCUT2D eigenvalue weighted by Crippen LogP contribution is -2.32. The summed E-state index contributed by atoms with van der Waals surface area (Å²) in [6.45, 7) is 3.10. The average molecular weight is 437 g/mol. The van der Waals surface area contributed by atoms with Crippen LogP contribution in [0.25, 0.3) is 0 Å². The SMILES string of the molecule is CCC1CCN(Cc2ccc([N+](=O)[O-])cc2)N=C1c1ccc(OC)c(OC(F)(F)F)c1. The van der Waals surface area contributed by atoms with Crippen molar-refractivity contribution < 1.29 is 27.6 Å². The summed E-state index contributed by atoms with van der Waals surface area (Å²) in [7, 11) is 1.27. The quantitative estimate of drug-likeness (QED) is 0.443. The van der Waals surface area contributed by atoms with Gasteiger partial charge in [0, 0.05) is 30.2 Å². The van der Waals surface area contributed by atoms with E-state index in [1.165, 1.54) is 31.4 Å². The fraction of sp³-hybridized carbons (Fsp3) is 0.381. The van der Waals surface area contributed by atoms with Gasteiger partial charge in [-0.2, -0.15) is 5.10 Å². The minimum atomic E-state index is -4.84. The lowest BCUT2D eigenvalue weighted by Gasteiger charge is -2.31. The van der Waals surface area contributed by atoms with Crippen molar-refractivity contribution in [3.63, 3.8) is 0 Å². The Hall–Kier alpha value is -3.30. The van der Waals surface area contributed by atoms with Crippen LogP contribution in [0.3, 0.4) is 0 Å². The van der Waals surface area contributed by atoms with Gasteiger partial charge in [0.1, 0.15) is 0 Å². The maximum absolute atomic E-state index is 12.8. The van der Waals surface area contributed by atoms with Crippen molar-refractivity contribution in [3.8, 4) is 11.5 Å². The molecule has 0 bridgehead atoms. The molecule has 10 heteroatoms. The number of hydrogen-bond donors (Lipinski definition) is 0. The molecule has 0 saturated carbocycles. The Bertz CT molecular complexity index is 961. The van der Waals surface area contributed by atoms with Crippen LogP contribution in [0.15, 0.2) is 47.6 Å². The number of benzene rings is 2. The summed E-state index contributed by atoms with van der Waals surface area (Å²) < 4.78 is 47.5. The minimum absolute atomic E-state index is 0.00746. The molecule has 2 aromatic carbocycles. The summed E-state index contributed by atoms with van der Waals surface area (Å²) in [5.41, 5.74) is 2.05. The van der Waals surface area contributed by atoms with E-state index in [0.29, 0.717) is 24.4 Å². The fourth-order valence-corrected chi connectivity index (χ4v) is 3.51. The second-order valence-corrected chi connectivity index (χ2v) is 7.10. The highest BCUT2D eigenvalue weighted by Crippen LogP contribution is 2.35. The summed E-state index contributed by atoms with van der Waals surface area (Å²) in [5, 5.41) is 17.3. The van der Waals surface area contributed by atoms with Crippen molar-refractivity contribution >= 4 is 11.4 Å². The molecule has 0 saturated heterocycles. The lowest BCUT2D eigenvalue weighted by atomic mass is 9.90. The zero-order chi connectivity index (χ0) is 22.6. The van der Waals surface area contributed by atoms with Gasteiger partial charge in [-0.15, -0.1) is 13.2 Å². The standard InChI is InChI=1S/C21H22F3N3O4/c1-3-15-10-11-26(13-14-4-7-17(8-5-14)27(28)29)25-20(15)16-6-9-18(30-2)19(12-16)31-21(22,23)24/h4-9,12,15H,3,10-11,13H2,1-2H3. The molecule has 1 heterocycles. The molecule has 166 valence electrons. The van der Waals surface area contributed by atoms with Gasteiger partial charge in [0.2, 0.25) is 0 Å². The Morgan fingerprint density at radius 2 is 1.90 bits per heavy atom. The van der Waals surface area contributed by atoms with Crippen LogP contribution in [0.2, 0.25) is 0 Å². The molecule has 0 fully saturated rings. The van der Waals surface area contributed by atoms with Gasteiger partial charge >= 0.3 is 6.36 Å². The molecule has 2 aromatic rings. The smallest absolute Gasteiger partial charge is 0.493 e. The number of hydrazone groups is 1. The number of nitro benzene ring substituents is 1. The van der Waals surface area contributed by atoms with Crippen molar-refractivity contribution in [1.29, 1.82) is 0 Å². The molecule has 0 aliphatic carbocycles. The topological polar surface area (TPSA) is 77.2 Å². The second-order valence-electron chi connectivity index (χ2n) is 7.10. The summed E-state index contributed by atoms with van der Waals surface area (Å²) in [6, 6.07) is 10.6. The molecule has 0 spiro atoms. The number of nitrogens with zero attached hydrogens (tertiary/aromatic N) is 3. The predicted molar refractivity (Wildman–Crippen MR) is 108 cm³/mol. The first-order valence-corrected chi connectivity index (χ1v) is 9.71. The fourth-order valence-electron chi connectivity index (χ4n) is 3.51. The molecule has 3 rings (SSSR count). The van der Waals surface area contributed by atoms with Crippen LogP contribution in [-0.2, 0) is 6.54 Å². The highest BCUT2D eigenvalue weighted by atomic mass is 19.4. The van der Waals surface area contributed by atoms with Gasteiger partial charge in [-0.25, -0.2) is 0 Å². The summed E-state index contributed by atoms with van der Waals surface area (Å²) in [6.07, 6.45) is -3.28. The number of hydrogen-bond acceptors (Lipinski definition) is 6. The molecule has 0 radical (unpaired) electrons. The third-order valence-electron chi connectivity index (χ3n) is 5.06. The van der Waals surface area contributed by atoms with Crippen LogP contribution < -0.4 is 9.47 Å². The Morgan fingerprint density at radius 3 is 2.48 bits per heavy atom. The van der Waals surface area contributed by atoms with Crippen LogP contribution in [0.1, 0.15) is 30.9 Å². The summed E-state index contributed by atoms with van der Waals surface area (Å²) in [4.78, 5) is 10.4. The number of nitro groups is 1. The molecule has 1 atom stereocenters. The zero-order valence-corrected chi connectivity index (χ0v) is 17.1. The zero-order valence-electron chi connectivity index (χ0n) is 17.1. The van der Waals surface area contributed by atoms with E-state index in [1.807, 2.05) is 11.9 Å². The number of non-ortho nitro benzene ring substituents is 1. The maximum Gasteiger partial charge on any atom is 0.573 e. The van der Waals surface area contributed by atoms with Crippen molar-refractivity contribution in [1.82, 2.24) is 5.01 Å². The van der Waals surface area contributed by atoms with Crippen molar-refractivity contribution in [2.45, 2.75) is 32.7 Å². The van der Waals surface area contributed by atoms with E-state index in [-0.39, 0.29) is 17.4 Å². The number of halogens is 3. The number of rotatable bonds is 7. The van der Waals surface area contributed by atoms with Gasteiger partial charge in [-0.05, 0) is 36.6 Å². The van der Waals surface area contributed by atoms with Gasteiger partial charge in [0.25, 0.3) is 5.69 Å². The van der Waals surface area contributed by atoms with E-state index in [9.17, 15) is 23.3 Å². The van der Waals surface area contributed by atoms with E-state index in [2.05, 4.69) is 9.84 Å². The maximum atomic E-state index is 12.8. The number of ether oxygens (including phenoxy) is 2. The molecule has 7 nitrogen and oxygen atoms in total. The lowest BCUT2D eigenvalue weighted by molar-refractivity contribution is -0.384. The van der Waals surface area contributed by atoms with E-state index in [0.717, 1.165) is 18.4 Å². The predicted octanol–water partition coefficient (Wildman–Crippen LogP) is 5.14. The highest BCUT2D eigenvalue weighted by Gasteiger charge is 2.33. The van der Waals surface area contributed by atoms with Crippen LogP contribution in [0, 0.1) is 16.0 Å². The average Bonchev–Trinajstić information content (AvgIpc) is 2.73. The van der Waals surface area contributed by atoms with E-state index >= 15 is 0 Å². The summed E-state index contributed by atoms with van der Waals surface area (Å²) in [5.74, 6) is -0.356. The van der Waals surface area contributed by atoms with Crippen molar-refractivity contribution in [2.75, 3.05) is 13.7 Å². The number of alkyl halides is 3. The molecule has 1 unspecified atom stereocenters. The highest BCUT2D eigenvalue weighted by molar-refractivity contribution is 6.02. The molecule has 0 amide bonds. The Morgan fingerprint density at radius 1 is 1.19 bits per heavy atom. The molecule has 31 heavy (non-hydrogen) atoms. The van der Waals surface area contributed by atoms with Crippen LogP contribution >= 0.6 is 0 Å². The monoisotopic (exact) mass is 437 g/mol. The molecular weight excluding hydrogens is 415 g/mol. The first-order valence-electron chi connectivity index (χ1n) is 9.71. The van der Waals surface area contributed by atoms with Gasteiger partial charge in [0.15, 0.2) is 11.5 Å². The number of methoxy groups -OCH3 is 1. The second kappa shape index (κ2) is 9.23. The Kier molecular flexibility index (Phi) is 6.67. The first kappa shape index (κ1) is 22.4. The van der Waals surface area contributed by atoms with E-state index < -0.39 is 17.0 Å². The van der Waals surface area contributed by atoms with Crippen LogP contribution in [0.4, 0.5) is 18.9 Å². The Balaban J connectivity index is 1.89. The third-order valence-corrected chi connectivity index (χ3v) is 5.06. The van der Waals surface area contributed by atoms with E-state index in [1.54, 1.807) is 18.2 Å². The van der Waals surface area contributed by atoms with Crippen LogP contribution in [0.5, 0.6) is 11.5 Å². The van der Waals surface area contributed by atoms with Crippen LogP contribution in [-0.4, -0.2) is 35.7 Å². The van der Waals surface area contributed by atoms with Crippen molar-refractivity contribution in [3.05, 3.63) is 63.7 Å². The minimum Gasteiger partial charge on any atom is -0.493 e. The normalized spacial score (nSPS) is 16.6. The van der Waals surface area contributed by atoms with Crippen molar-refractivity contribution in [2.24, 2.45) is 11.0 Å². The molecule has 1 aliphatic heterocycles. The van der Waals surface area contributed by atoms with E-state index in [4.69, 9.17) is 4.74 Å². The molecule has 0 aromatic heterocycles.